The molecular formula is C86H80N4O10. The van der Waals surface area contributed by atoms with Gasteiger partial charge in [-0.15, -0.1) is 0 Å². The lowest BCUT2D eigenvalue weighted by atomic mass is 9.79. The summed E-state index contributed by atoms with van der Waals surface area (Å²) in [6, 6.07) is 53.4. The molecule has 0 bridgehead atoms. The van der Waals surface area contributed by atoms with Crippen LogP contribution in [0.2, 0.25) is 0 Å². The van der Waals surface area contributed by atoms with Crippen molar-refractivity contribution in [1.82, 2.24) is 9.80 Å². The van der Waals surface area contributed by atoms with Crippen LogP contribution in [0.5, 0.6) is 46.0 Å². The number of nitrogens with one attached hydrogen (secondary N) is 2. The second kappa shape index (κ2) is 26.4. The molecule has 0 aromatic heterocycles. The lowest BCUT2D eigenvalue weighted by Gasteiger charge is -2.38. The maximum Gasteiger partial charge on any atom is 0.262 e. The number of hydrogen-bond acceptors (Lipinski definition) is 10. The molecule has 2 saturated carbocycles. The maximum atomic E-state index is 16.6. The zero-order valence-electron chi connectivity index (χ0n) is 57.6. The summed E-state index contributed by atoms with van der Waals surface area (Å²) in [6.45, 7) is 16.8. The van der Waals surface area contributed by atoms with Crippen molar-refractivity contribution < 1.29 is 47.7 Å². The molecule has 2 unspecified atom stereocenters. The Bertz CT molecular complexity index is 4550. The zero-order chi connectivity index (χ0) is 69.4. The summed E-state index contributed by atoms with van der Waals surface area (Å²) in [5, 5.41) is 8.86. The minimum atomic E-state index is -1.23. The molecule has 2 aliphatic heterocycles. The molecule has 0 spiro atoms. The van der Waals surface area contributed by atoms with Crippen molar-refractivity contribution in [3.05, 3.63) is 226 Å². The van der Waals surface area contributed by atoms with Crippen LogP contribution in [0.3, 0.4) is 0 Å². The Morgan fingerprint density at radius 3 is 0.840 bits per heavy atom. The average molecular weight is 1330 g/mol. The summed E-state index contributed by atoms with van der Waals surface area (Å²) >= 11 is 0. The molecule has 4 aliphatic rings. The number of fused-ring (bicyclic) bond motifs is 2. The Labute approximate surface area is 581 Å². The van der Waals surface area contributed by atoms with Gasteiger partial charge in [0.2, 0.25) is 11.8 Å². The van der Waals surface area contributed by atoms with Crippen molar-refractivity contribution >= 4 is 89.9 Å². The number of carbonyl (C=O) groups excluding carboxylic acids is 6. The molecule has 504 valence electrons. The van der Waals surface area contributed by atoms with Gasteiger partial charge < -0.3 is 29.6 Å². The van der Waals surface area contributed by atoms with Crippen LogP contribution in [-0.4, -0.2) is 57.3 Å². The van der Waals surface area contributed by atoms with Gasteiger partial charge in [0, 0.05) is 54.5 Å². The number of hydrogen-bond donors (Lipinski definition) is 2. The van der Waals surface area contributed by atoms with Crippen LogP contribution in [0.4, 0.5) is 11.4 Å². The van der Waals surface area contributed by atoms with Crippen LogP contribution in [0.25, 0.3) is 43.1 Å². The number of benzene rings is 11. The molecule has 14 heteroatoms. The van der Waals surface area contributed by atoms with Crippen molar-refractivity contribution in [2.75, 3.05) is 10.6 Å². The van der Waals surface area contributed by atoms with Gasteiger partial charge in [0.15, 0.2) is 0 Å². The van der Waals surface area contributed by atoms with Crippen molar-refractivity contribution in [3.8, 4) is 46.0 Å². The smallest absolute Gasteiger partial charge is 0.262 e. The fourth-order valence-corrected chi connectivity index (χ4v) is 15.7. The van der Waals surface area contributed by atoms with E-state index in [9.17, 15) is 0 Å². The number of para-hydroxylation sites is 2. The lowest BCUT2D eigenvalue weighted by Crippen LogP contribution is -2.55. The highest BCUT2D eigenvalue weighted by Crippen LogP contribution is 2.59. The predicted molar refractivity (Wildman–Crippen MR) is 393 cm³/mol. The molecule has 2 fully saturated rings. The third-order valence-corrected chi connectivity index (χ3v) is 20.8. The predicted octanol–water partition coefficient (Wildman–Crippen LogP) is 21.0. The third kappa shape index (κ3) is 11.7. The normalized spacial score (nSPS) is 15.6. The minimum Gasteiger partial charge on any atom is -0.457 e. The molecule has 2 atom stereocenters. The summed E-state index contributed by atoms with van der Waals surface area (Å²) in [5.74, 6) is -1.84. The van der Waals surface area contributed by atoms with Crippen LogP contribution in [0.15, 0.2) is 182 Å². The van der Waals surface area contributed by atoms with E-state index in [2.05, 4.69) is 66.0 Å². The molecular weight excluding hydrogens is 1250 g/mol. The van der Waals surface area contributed by atoms with Gasteiger partial charge in [0.1, 0.15) is 58.1 Å². The van der Waals surface area contributed by atoms with Gasteiger partial charge in [-0.2, -0.15) is 0 Å². The van der Waals surface area contributed by atoms with E-state index in [0.717, 1.165) is 57.7 Å². The van der Waals surface area contributed by atoms with Crippen LogP contribution < -0.4 is 29.6 Å². The largest absolute Gasteiger partial charge is 0.457 e. The topological polar surface area (TPSA) is 170 Å². The van der Waals surface area contributed by atoms with Gasteiger partial charge in [0.25, 0.3) is 23.6 Å². The van der Waals surface area contributed by atoms with E-state index < -0.39 is 47.5 Å². The second-order valence-corrected chi connectivity index (χ2v) is 28.7. The standard InChI is InChI=1S/C86H80N4O10/c1-47(2)53-27-19-35-59(39-53)97-67-43-63-71-64(84(94)89(83(63)93)79(51-23-15-16-24-51)81(91)87-57-31-11-9-12-32-57)45-69(99-61-37-21-29-55(41-61)49(5)6)75-76-70(100-62-38-22-30-56(42-62)50(7)8)46-66-72-65(44-68(74(78(72)76)73(67)77(71)75)98-60-36-20-28-54(40-60)48(3)4)85(95)90(86(66)96)80(52-25-17-18-26-52)82(92)88-58-33-13-10-14-34-58/h9-14,19-22,27-52,79-80H,15-18,23-26H2,1-8H3,(H,87,91)(H,88,92). The highest BCUT2D eigenvalue weighted by atomic mass is 16.5. The number of rotatable bonds is 20. The molecule has 11 aromatic carbocycles. The number of ether oxygens (including phenoxy) is 4. The molecule has 14 nitrogen and oxygen atoms in total. The van der Waals surface area contributed by atoms with E-state index in [1.54, 1.807) is 48.5 Å². The SMILES string of the molecule is CC(C)c1cccc(Oc2cc3c4c(cc(Oc5cccc(C(C)C)c5)c5c6c(Oc7cccc(C(C)C)c7)cc7c8c(cc(Oc9cccc(C(C)C)c9)c(c2c45)c86)C(=O)N(C(C(=O)Nc2ccccc2)C2CCCC2)C7=O)C(=O)N(C(C(=O)Nc2ccccc2)C2CCCC2)C3=O)c1. The number of anilines is 2. The molecule has 0 radical (unpaired) electrons. The van der Waals surface area contributed by atoms with E-state index in [1.165, 1.54) is 0 Å². The summed E-state index contributed by atoms with van der Waals surface area (Å²) < 4.78 is 29.7. The van der Waals surface area contributed by atoms with Crippen molar-refractivity contribution in [2.24, 2.45) is 11.8 Å². The highest BCUT2D eigenvalue weighted by Gasteiger charge is 2.49. The molecule has 100 heavy (non-hydrogen) atoms. The van der Waals surface area contributed by atoms with Crippen molar-refractivity contribution in [2.45, 2.75) is 143 Å². The van der Waals surface area contributed by atoms with Crippen LogP contribution >= 0.6 is 0 Å². The Morgan fingerprint density at radius 2 is 0.590 bits per heavy atom. The lowest BCUT2D eigenvalue weighted by molar-refractivity contribution is -0.122. The number of carbonyl (C=O) groups is 6. The first-order chi connectivity index (χ1) is 48.4. The Kier molecular flexibility index (Phi) is 17.2. The van der Waals surface area contributed by atoms with Gasteiger partial charge in [-0.25, -0.2) is 0 Å². The maximum absolute atomic E-state index is 16.6. The summed E-state index contributed by atoms with van der Waals surface area (Å²) in [6.07, 6.45) is 5.65. The third-order valence-electron chi connectivity index (χ3n) is 20.8. The first-order valence-electron chi connectivity index (χ1n) is 35.3. The quantitative estimate of drug-likeness (QED) is 0.0425. The number of imide groups is 2. The van der Waals surface area contributed by atoms with Gasteiger partial charge >= 0.3 is 0 Å². The van der Waals surface area contributed by atoms with E-state index in [4.69, 9.17) is 18.9 Å². The number of amides is 6. The highest BCUT2D eigenvalue weighted by molar-refractivity contribution is 6.45. The summed E-state index contributed by atoms with van der Waals surface area (Å²) in [7, 11) is 0. The van der Waals surface area contributed by atoms with Crippen LogP contribution in [0, 0.1) is 11.8 Å². The van der Waals surface area contributed by atoms with Crippen molar-refractivity contribution in [3.63, 3.8) is 0 Å². The molecule has 2 aliphatic carbocycles. The number of nitrogens with zero attached hydrogens (tertiary/aromatic N) is 2. The molecule has 0 saturated heterocycles. The summed E-state index contributed by atoms with van der Waals surface area (Å²) in [4.78, 5) is 99.2. The zero-order valence-corrected chi connectivity index (χ0v) is 57.6. The first kappa shape index (κ1) is 65.1. The molecule has 2 heterocycles. The van der Waals surface area contributed by atoms with Gasteiger partial charge in [0.05, 0.1) is 22.3 Å². The Hall–Kier alpha value is -10.9. The fraction of sp³-hybridized carbons (Fsp3) is 0.279. The minimum absolute atomic E-state index is 0.0787. The molecule has 11 aromatic rings. The molecule has 6 amide bonds. The van der Waals surface area contributed by atoms with Gasteiger partial charge in [-0.3, -0.25) is 38.6 Å². The van der Waals surface area contributed by atoms with Gasteiger partial charge in [-0.05, 0) is 181 Å². The second-order valence-electron chi connectivity index (χ2n) is 28.7. The average Bonchev–Trinajstić information content (AvgIpc) is 0.721. The summed E-state index contributed by atoms with van der Waals surface area (Å²) in [5.41, 5.74) is 5.31. The van der Waals surface area contributed by atoms with Gasteiger partial charge in [-0.1, -0.05) is 166 Å². The first-order valence-corrected chi connectivity index (χ1v) is 35.3. The van der Waals surface area contributed by atoms with Crippen LogP contribution in [0.1, 0.15) is 194 Å². The van der Waals surface area contributed by atoms with E-state index in [-0.39, 0.29) is 91.5 Å². The van der Waals surface area contributed by atoms with Crippen LogP contribution in [-0.2, 0) is 9.59 Å². The Morgan fingerprint density at radius 1 is 0.330 bits per heavy atom. The van der Waals surface area contributed by atoms with E-state index in [0.29, 0.717) is 92.4 Å². The van der Waals surface area contributed by atoms with Crippen molar-refractivity contribution in [1.29, 1.82) is 0 Å². The van der Waals surface area contributed by atoms with E-state index in [1.807, 2.05) is 133 Å². The monoisotopic (exact) mass is 1330 g/mol. The molecule has 15 rings (SSSR count). The van der Waals surface area contributed by atoms with E-state index >= 15 is 28.8 Å². The Balaban J connectivity index is 1.11. The molecule has 2 N–H and O–H groups in total. The fourth-order valence-electron chi connectivity index (χ4n) is 15.7.